The van der Waals surface area contributed by atoms with Crippen LogP contribution in [0.3, 0.4) is 0 Å². The number of carboxylic acid groups (broad SMARTS) is 1. The minimum atomic E-state index is -1.06. The van der Waals surface area contributed by atoms with Crippen molar-refractivity contribution in [1.82, 2.24) is 10.6 Å². The average Bonchev–Trinajstić information content (AvgIpc) is 2.64. The smallest absolute Gasteiger partial charge is 0.341 e. The van der Waals surface area contributed by atoms with Gasteiger partial charge in [-0.3, -0.25) is 4.79 Å². The third-order valence-corrected chi connectivity index (χ3v) is 3.54. The monoisotopic (exact) mass is 385 g/mol. The molecule has 4 N–H and O–H groups in total. The van der Waals surface area contributed by atoms with Gasteiger partial charge in [-0.15, -0.1) is 0 Å². The predicted molar refractivity (Wildman–Crippen MR) is 104 cm³/mol. The number of hydrogen-bond acceptors (Lipinski definition) is 4. The van der Waals surface area contributed by atoms with Crippen molar-refractivity contribution < 1.29 is 24.2 Å². The van der Waals surface area contributed by atoms with E-state index in [4.69, 9.17) is 9.84 Å². The van der Waals surface area contributed by atoms with Gasteiger partial charge in [0.05, 0.1) is 0 Å². The van der Waals surface area contributed by atoms with E-state index >= 15 is 0 Å². The molecule has 2 aromatic carbocycles. The fourth-order valence-electron chi connectivity index (χ4n) is 2.31. The number of amides is 3. The number of carboxylic acids is 1. The van der Waals surface area contributed by atoms with Crippen LogP contribution in [0.2, 0.25) is 0 Å². The molecule has 0 bridgehead atoms. The van der Waals surface area contributed by atoms with Crippen molar-refractivity contribution in [2.24, 2.45) is 0 Å². The lowest BCUT2D eigenvalue weighted by molar-refractivity contribution is -0.139. The number of carbonyl (C=O) groups excluding carboxylic acids is 2. The summed E-state index contributed by atoms with van der Waals surface area (Å²) in [6, 6.07) is 13.1. The van der Waals surface area contributed by atoms with E-state index in [9.17, 15) is 14.4 Å². The van der Waals surface area contributed by atoms with Gasteiger partial charge in [-0.2, -0.15) is 0 Å². The van der Waals surface area contributed by atoms with E-state index in [-0.39, 0.29) is 24.5 Å². The summed E-state index contributed by atoms with van der Waals surface area (Å²) in [4.78, 5) is 34.5. The summed E-state index contributed by atoms with van der Waals surface area (Å²) >= 11 is 0. The van der Waals surface area contributed by atoms with Crippen molar-refractivity contribution in [1.29, 1.82) is 0 Å². The maximum absolute atomic E-state index is 12.3. The molecule has 0 fully saturated rings. The van der Waals surface area contributed by atoms with E-state index in [0.717, 1.165) is 5.56 Å². The van der Waals surface area contributed by atoms with Gasteiger partial charge in [-0.25, -0.2) is 9.59 Å². The second kappa shape index (κ2) is 9.96. The van der Waals surface area contributed by atoms with Crippen molar-refractivity contribution in [3.05, 3.63) is 59.7 Å². The van der Waals surface area contributed by atoms with Gasteiger partial charge in [-0.1, -0.05) is 12.1 Å². The number of benzene rings is 2. The van der Waals surface area contributed by atoms with Gasteiger partial charge in [0, 0.05) is 23.8 Å². The standard InChI is InChI=1S/C20H23N3O5/c1-13(2)22-20(27)23-16-8-6-15(7-9-16)19(26)21-11-14-4-3-5-17(10-14)28-12-18(24)25/h3-10,13H,11-12H2,1-2H3,(H,21,26)(H,24,25)(H2,22,23,27). The summed E-state index contributed by atoms with van der Waals surface area (Å²) < 4.78 is 5.12. The lowest BCUT2D eigenvalue weighted by Crippen LogP contribution is -2.34. The summed E-state index contributed by atoms with van der Waals surface area (Å²) in [5.41, 5.74) is 1.81. The molecule has 0 unspecified atom stereocenters. The predicted octanol–water partition coefficient (Wildman–Crippen LogP) is 2.61. The Hall–Kier alpha value is -3.55. The van der Waals surface area contributed by atoms with E-state index < -0.39 is 12.6 Å². The number of hydrogen-bond donors (Lipinski definition) is 4. The lowest BCUT2D eigenvalue weighted by atomic mass is 10.1. The van der Waals surface area contributed by atoms with Crippen molar-refractivity contribution in [3.63, 3.8) is 0 Å². The highest BCUT2D eigenvalue weighted by Crippen LogP contribution is 2.14. The summed E-state index contributed by atoms with van der Waals surface area (Å²) in [5.74, 6) is -0.905. The number of anilines is 1. The molecule has 8 nitrogen and oxygen atoms in total. The lowest BCUT2D eigenvalue weighted by Gasteiger charge is -2.11. The van der Waals surface area contributed by atoms with E-state index in [1.807, 2.05) is 13.8 Å². The Labute approximate surface area is 162 Å². The highest BCUT2D eigenvalue weighted by atomic mass is 16.5. The minimum Gasteiger partial charge on any atom is -0.482 e. The quantitative estimate of drug-likeness (QED) is 0.557. The van der Waals surface area contributed by atoms with Crippen LogP contribution in [0.15, 0.2) is 48.5 Å². The summed E-state index contributed by atoms with van der Waals surface area (Å²) in [6.07, 6.45) is 0. The van der Waals surface area contributed by atoms with Crippen LogP contribution in [0.4, 0.5) is 10.5 Å². The van der Waals surface area contributed by atoms with Gasteiger partial charge in [0.25, 0.3) is 5.91 Å². The van der Waals surface area contributed by atoms with Crippen molar-refractivity contribution in [2.75, 3.05) is 11.9 Å². The molecule has 0 heterocycles. The van der Waals surface area contributed by atoms with Crippen LogP contribution in [-0.4, -0.2) is 35.7 Å². The molecule has 0 aliphatic rings. The maximum Gasteiger partial charge on any atom is 0.341 e. The Kier molecular flexibility index (Phi) is 7.38. The zero-order chi connectivity index (χ0) is 20.5. The van der Waals surface area contributed by atoms with Crippen molar-refractivity contribution in [3.8, 4) is 5.75 Å². The maximum atomic E-state index is 12.3. The molecule has 0 saturated carbocycles. The SMILES string of the molecule is CC(C)NC(=O)Nc1ccc(C(=O)NCc2cccc(OCC(=O)O)c2)cc1. The number of carbonyl (C=O) groups is 3. The second-order valence-corrected chi connectivity index (χ2v) is 6.34. The van der Waals surface area contributed by atoms with Gasteiger partial charge in [0.1, 0.15) is 5.75 Å². The fourth-order valence-corrected chi connectivity index (χ4v) is 2.31. The first-order chi connectivity index (χ1) is 13.3. The first-order valence-electron chi connectivity index (χ1n) is 8.73. The molecule has 3 amide bonds. The van der Waals surface area contributed by atoms with Crippen molar-refractivity contribution in [2.45, 2.75) is 26.4 Å². The van der Waals surface area contributed by atoms with Gasteiger partial charge in [0.15, 0.2) is 6.61 Å². The Morgan fingerprint density at radius 2 is 1.79 bits per heavy atom. The van der Waals surface area contributed by atoms with E-state index in [2.05, 4.69) is 16.0 Å². The molecular formula is C20H23N3O5. The first-order valence-corrected chi connectivity index (χ1v) is 8.73. The summed E-state index contributed by atoms with van der Waals surface area (Å²) in [6.45, 7) is 3.56. The third kappa shape index (κ3) is 6.99. The number of ether oxygens (including phenoxy) is 1. The molecule has 148 valence electrons. The molecule has 0 atom stereocenters. The van der Waals surface area contributed by atoms with Crippen LogP contribution >= 0.6 is 0 Å². The Morgan fingerprint density at radius 1 is 1.07 bits per heavy atom. The highest BCUT2D eigenvalue weighted by molar-refractivity contribution is 5.95. The molecule has 0 radical (unpaired) electrons. The molecule has 0 spiro atoms. The van der Waals surface area contributed by atoms with Crippen LogP contribution in [0.25, 0.3) is 0 Å². The molecule has 28 heavy (non-hydrogen) atoms. The number of urea groups is 1. The van der Waals surface area contributed by atoms with Gasteiger partial charge >= 0.3 is 12.0 Å². The molecule has 0 aliphatic heterocycles. The summed E-state index contributed by atoms with van der Waals surface area (Å²) in [5, 5.41) is 16.8. The van der Waals surface area contributed by atoms with Crippen LogP contribution in [0.1, 0.15) is 29.8 Å². The molecular weight excluding hydrogens is 362 g/mol. The fraction of sp³-hybridized carbons (Fsp3) is 0.250. The molecule has 8 heteroatoms. The minimum absolute atomic E-state index is 0.0260. The zero-order valence-corrected chi connectivity index (χ0v) is 15.7. The Morgan fingerprint density at radius 3 is 2.43 bits per heavy atom. The third-order valence-electron chi connectivity index (χ3n) is 3.54. The number of nitrogens with one attached hydrogen (secondary N) is 3. The highest BCUT2D eigenvalue weighted by Gasteiger charge is 2.08. The Bertz CT molecular complexity index is 834. The number of aliphatic carboxylic acids is 1. The largest absolute Gasteiger partial charge is 0.482 e. The van der Waals surface area contributed by atoms with Crippen LogP contribution in [0, 0.1) is 0 Å². The molecule has 0 saturated heterocycles. The zero-order valence-electron chi connectivity index (χ0n) is 15.7. The van der Waals surface area contributed by atoms with Crippen LogP contribution < -0.4 is 20.7 Å². The first kappa shape index (κ1) is 20.8. The van der Waals surface area contributed by atoms with Crippen molar-refractivity contribution >= 4 is 23.6 Å². The van der Waals surface area contributed by atoms with Gasteiger partial charge in [-0.05, 0) is 55.8 Å². The topological polar surface area (TPSA) is 117 Å². The normalized spacial score (nSPS) is 10.2. The van der Waals surface area contributed by atoms with Gasteiger partial charge in [0.2, 0.25) is 0 Å². The second-order valence-electron chi connectivity index (χ2n) is 6.34. The molecule has 2 rings (SSSR count). The number of rotatable bonds is 8. The Balaban J connectivity index is 1.88. The van der Waals surface area contributed by atoms with Gasteiger partial charge < -0.3 is 25.8 Å². The molecule has 0 aliphatic carbocycles. The molecule has 0 aromatic heterocycles. The van der Waals surface area contributed by atoms with Crippen LogP contribution in [0.5, 0.6) is 5.75 Å². The summed E-state index contributed by atoms with van der Waals surface area (Å²) in [7, 11) is 0. The van der Waals surface area contributed by atoms with E-state index in [1.54, 1.807) is 48.5 Å². The van der Waals surface area contributed by atoms with E-state index in [0.29, 0.717) is 17.0 Å². The molecule has 2 aromatic rings. The van der Waals surface area contributed by atoms with E-state index in [1.165, 1.54) is 0 Å². The average molecular weight is 385 g/mol. The van der Waals surface area contributed by atoms with Crippen LogP contribution in [-0.2, 0) is 11.3 Å².